The van der Waals surface area contributed by atoms with Gasteiger partial charge >= 0.3 is 5.97 Å². The first-order valence-electron chi connectivity index (χ1n) is 11.8. The molecule has 4 fully saturated rings. The topological polar surface area (TPSA) is 190 Å². The summed E-state index contributed by atoms with van der Waals surface area (Å²) in [6, 6.07) is -0.917. The first-order chi connectivity index (χ1) is 17.6. The summed E-state index contributed by atoms with van der Waals surface area (Å²) in [5.41, 5.74) is 11.7. The first kappa shape index (κ1) is 25.5. The van der Waals surface area contributed by atoms with Gasteiger partial charge < -0.3 is 31.2 Å². The minimum absolute atomic E-state index is 0.0119. The molecule has 1 aromatic heterocycles. The molecule has 6 rings (SSSR count). The third kappa shape index (κ3) is 4.24. The van der Waals surface area contributed by atoms with Crippen LogP contribution in [0, 0.1) is 5.41 Å². The number of hydrogen-bond acceptors (Lipinski definition) is 10. The number of amides is 3. The van der Waals surface area contributed by atoms with Gasteiger partial charge in [0.1, 0.15) is 36.5 Å². The molecule has 6 N–H and O–H groups in total. The Morgan fingerprint density at radius 2 is 2.00 bits per heavy atom. The molecule has 0 aromatic carbocycles. The van der Waals surface area contributed by atoms with E-state index in [1.54, 1.807) is 5.38 Å². The van der Waals surface area contributed by atoms with Crippen molar-refractivity contribution in [3.05, 3.63) is 22.3 Å². The highest BCUT2D eigenvalue weighted by Gasteiger charge is 2.57. The number of carbonyl (C=O) groups excluding carboxylic acids is 3. The van der Waals surface area contributed by atoms with Gasteiger partial charge in [0.2, 0.25) is 5.91 Å². The summed E-state index contributed by atoms with van der Waals surface area (Å²) >= 11 is 2.55. The van der Waals surface area contributed by atoms with Crippen LogP contribution in [0.5, 0.6) is 0 Å². The van der Waals surface area contributed by atoms with Crippen molar-refractivity contribution in [2.24, 2.45) is 16.3 Å². The van der Waals surface area contributed by atoms with Crippen molar-refractivity contribution in [2.75, 3.05) is 44.8 Å². The number of oxime groups is 1. The van der Waals surface area contributed by atoms with Gasteiger partial charge in [-0.15, -0.1) is 23.1 Å². The number of β-lactam (4-membered cyclic amide) rings is 1. The molecule has 1 aromatic rings. The van der Waals surface area contributed by atoms with E-state index in [1.165, 1.54) is 23.8 Å². The highest BCUT2D eigenvalue weighted by Crippen LogP contribution is 2.46. The highest BCUT2D eigenvalue weighted by molar-refractivity contribution is 8.00. The predicted octanol–water partition coefficient (Wildman–Crippen LogP) is -0.700. The van der Waals surface area contributed by atoms with Crippen molar-refractivity contribution in [2.45, 2.75) is 30.7 Å². The lowest BCUT2D eigenvalue weighted by Gasteiger charge is -2.55. The summed E-state index contributed by atoms with van der Waals surface area (Å²) in [5, 5.41) is 17.7. The number of nitrogen functional groups attached to an aromatic ring is 1. The van der Waals surface area contributed by atoms with Gasteiger partial charge in [-0.3, -0.25) is 19.3 Å². The van der Waals surface area contributed by atoms with Crippen LogP contribution in [-0.4, -0.2) is 99.3 Å². The van der Waals surface area contributed by atoms with E-state index < -0.39 is 34.6 Å². The zero-order valence-corrected chi connectivity index (χ0v) is 21.8. The Labute approximate surface area is 220 Å². The summed E-state index contributed by atoms with van der Waals surface area (Å²) in [7, 11) is 1.28. The Morgan fingerprint density at radius 1 is 1.32 bits per heavy atom. The number of fused-ring (bicyclic) bond motifs is 4. The van der Waals surface area contributed by atoms with E-state index in [0.29, 0.717) is 41.6 Å². The van der Waals surface area contributed by atoms with E-state index in [4.69, 9.17) is 16.3 Å². The average Bonchev–Trinajstić information content (AvgIpc) is 3.31. The van der Waals surface area contributed by atoms with Crippen LogP contribution in [0.1, 0.15) is 25.0 Å². The van der Waals surface area contributed by atoms with Crippen LogP contribution in [0.25, 0.3) is 0 Å². The van der Waals surface area contributed by atoms with Crippen LogP contribution in [0.3, 0.4) is 0 Å². The summed E-state index contributed by atoms with van der Waals surface area (Å²) in [6.45, 7) is 2.77. The molecule has 0 spiro atoms. The maximum Gasteiger partial charge on any atom is 0.352 e. The molecule has 13 nitrogen and oxygen atoms in total. The Kier molecular flexibility index (Phi) is 6.40. The number of carboxylic acids is 1. The summed E-state index contributed by atoms with van der Waals surface area (Å²) in [5.74, 6) is -2.17. The average molecular weight is 551 g/mol. The van der Waals surface area contributed by atoms with Gasteiger partial charge in [0.25, 0.3) is 11.8 Å². The lowest BCUT2D eigenvalue weighted by atomic mass is 9.70. The molecule has 0 aliphatic carbocycles. The minimum atomic E-state index is -1.17. The molecule has 15 heteroatoms. The number of carboxylic acid groups (broad SMARTS) is 1. The van der Waals surface area contributed by atoms with Crippen LogP contribution in [0.4, 0.5) is 5.13 Å². The molecule has 198 valence electrons. The third-order valence-electron chi connectivity index (χ3n) is 7.94. The normalized spacial score (nSPS) is 31.0. The fraction of sp³-hybridized carbons (Fsp3) is 0.545. The number of hydrogen-bond donors (Lipinski definition) is 4. The van der Waals surface area contributed by atoms with Crippen molar-refractivity contribution in [3.63, 3.8) is 0 Å². The second-order valence-electron chi connectivity index (χ2n) is 9.88. The molecule has 6 heterocycles. The number of aliphatic carboxylic acids is 1. The Morgan fingerprint density at radius 3 is 2.54 bits per heavy atom. The third-order valence-corrected chi connectivity index (χ3v) is 9.96. The van der Waals surface area contributed by atoms with Gasteiger partial charge in [0.15, 0.2) is 10.8 Å². The summed E-state index contributed by atoms with van der Waals surface area (Å²) in [6.07, 6.45) is 2.08. The fourth-order valence-electron chi connectivity index (χ4n) is 5.78. The molecule has 4 saturated heterocycles. The van der Waals surface area contributed by atoms with Crippen LogP contribution < -0.4 is 16.8 Å². The minimum Gasteiger partial charge on any atom is -0.477 e. The summed E-state index contributed by atoms with van der Waals surface area (Å²) in [4.78, 5) is 60.4. The van der Waals surface area contributed by atoms with Crippen molar-refractivity contribution in [3.8, 4) is 0 Å². The molecule has 2 bridgehead atoms. The number of primary amides is 1. The number of quaternary nitrogens is 1. The molecule has 5 aliphatic heterocycles. The molecule has 3 amide bonds. The van der Waals surface area contributed by atoms with Crippen LogP contribution in [0.15, 0.2) is 21.8 Å². The SMILES string of the molecule is CO/N=C(\C(=O)N[C@@H]1C(=O)N2C(C(=O)O)=C(C[N+]34CCC(C(N)=O)(CC3)CC4)CS[C@@H]12)c1csc(N)n1. The van der Waals surface area contributed by atoms with Crippen LogP contribution in [-0.2, 0) is 24.0 Å². The zero-order chi connectivity index (χ0) is 26.5. The van der Waals surface area contributed by atoms with E-state index in [-0.39, 0.29) is 28.1 Å². The molecule has 5 aliphatic rings. The van der Waals surface area contributed by atoms with Crippen molar-refractivity contribution >= 4 is 57.6 Å². The number of carbonyl (C=O) groups is 4. The fourth-order valence-corrected chi connectivity index (χ4v) is 7.67. The van der Waals surface area contributed by atoms with E-state index in [2.05, 4.69) is 15.5 Å². The number of thioether (sulfide) groups is 1. The summed E-state index contributed by atoms with van der Waals surface area (Å²) < 4.78 is 0.697. The lowest BCUT2D eigenvalue weighted by molar-refractivity contribution is -0.940. The quantitative estimate of drug-likeness (QED) is 0.140. The van der Waals surface area contributed by atoms with Crippen molar-refractivity contribution in [1.82, 2.24) is 15.2 Å². The standard InChI is InChI=1S/C22H27N7O6S2/c1-35-27-13(12-10-37-21(24)25-12)16(30)26-14-17(31)28-15(19(32)33)11(9-36-18(14)28)8-29-5-2-22(3-6-29,4-7-29)20(23)34/h10,14,18H,2-9H2,1H3,(H5-,23,24,25,26,30,32,33,34)/p+1/b27-13-/t14-,18+,22?,29?/m1/s1. The number of nitrogens with two attached hydrogens (primary N) is 2. The first-order valence-corrected chi connectivity index (χ1v) is 13.7. The molecule has 0 saturated carbocycles. The van der Waals surface area contributed by atoms with Crippen molar-refractivity contribution in [1.29, 1.82) is 0 Å². The van der Waals surface area contributed by atoms with E-state index in [9.17, 15) is 24.3 Å². The van der Waals surface area contributed by atoms with Gasteiger partial charge in [0, 0.05) is 36.0 Å². The monoisotopic (exact) mass is 550 g/mol. The maximum absolute atomic E-state index is 13.1. The number of aromatic nitrogens is 1. The highest BCUT2D eigenvalue weighted by atomic mass is 32.2. The van der Waals surface area contributed by atoms with E-state index in [0.717, 1.165) is 31.0 Å². The number of thiazole rings is 1. The maximum atomic E-state index is 13.1. The van der Waals surface area contributed by atoms with Crippen molar-refractivity contribution < 1.29 is 33.6 Å². The van der Waals surface area contributed by atoms with Gasteiger partial charge in [-0.2, -0.15) is 0 Å². The van der Waals surface area contributed by atoms with Crippen LogP contribution >= 0.6 is 23.1 Å². The van der Waals surface area contributed by atoms with Gasteiger partial charge in [-0.25, -0.2) is 9.78 Å². The lowest BCUT2D eigenvalue weighted by Crippen LogP contribution is -2.71. The number of nitrogens with one attached hydrogen (secondary N) is 1. The number of rotatable bonds is 8. The molecular weight excluding hydrogens is 522 g/mol. The Hall–Kier alpha value is -3.17. The number of piperidine rings is 3. The molecule has 37 heavy (non-hydrogen) atoms. The number of anilines is 1. The smallest absolute Gasteiger partial charge is 0.352 e. The van der Waals surface area contributed by atoms with E-state index >= 15 is 0 Å². The van der Waals surface area contributed by atoms with E-state index in [1.807, 2.05) is 0 Å². The predicted molar refractivity (Wildman–Crippen MR) is 135 cm³/mol. The molecule has 0 radical (unpaired) electrons. The molecule has 0 unspecified atom stereocenters. The zero-order valence-electron chi connectivity index (χ0n) is 20.1. The van der Waals surface area contributed by atoms with Gasteiger partial charge in [-0.1, -0.05) is 5.16 Å². The van der Waals surface area contributed by atoms with Crippen LogP contribution in [0.2, 0.25) is 0 Å². The largest absolute Gasteiger partial charge is 0.477 e. The second-order valence-corrected chi connectivity index (χ2v) is 11.9. The Bertz CT molecular complexity index is 1220. The van der Waals surface area contributed by atoms with Gasteiger partial charge in [-0.05, 0) is 0 Å². The van der Waals surface area contributed by atoms with Gasteiger partial charge in [0.05, 0.1) is 25.0 Å². The second kappa shape index (κ2) is 9.29. The molecular formula is C22H28N7O6S2+. The molecule has 2 atom stereocenters. The number of nitrogens with zero attached hydrogens (tertiary/aromatic N) is 4. The Balaban J connectivity index is 1.32.